The van der Waals surface area contributed by atoms with Gasteiger partial charge in [-0.25, -0.2) is 4.39 Å². The molecule has 1 saturated heterocycles. The first-order valence-electron chi connectivity index (χ1n) is 11.5. The first-order chi connectivity index (χ1) is 15.8. The highest BCUT2D eigenvalue weighted by Gasteiger charge is 2.34. The van der Waals surface area contributed by atoms with Crippen molar-refractivity contribution in [3.8, 4) is 0 Å². The number of halogens is 1. The van der Waals surface area contributed by atoms with Crippen molar-refractivity contribution in [2.75, 3.05) is 13.1 Å². The van der Waals surface area contributed by atoms with Crippen LogP contribution >= 0.6 is 0 Å². The number of piperidine rings is 1. The molecule has 0 bridgehead atoms. The zero-order valence-electron chi connectivity index (χ0n) is 19.4. The Morgan fingerprint density at radius 3 is 2.27 bits per heavy atom. The summed E-state index contributed by atoms with van der Waals surface area (Å²) in [6, 6.07) is 12.3. The van der Waals surface area contributed by atoms with E-state index in [9.17, 15) is 18.8 Å². The van der Waals surface area contributed by atoms with Crippen molar-refractivity contribution in [3.63, 3.8) is 0 Å². The predicted octanol–water partition coefficient (Wildman–Crippen LogP) is 3.70. The molecule has 3 rings (SSSR count). The average Bonchev–Trinajstić information content (AvgIpc) is 2.82. The Balaban J connectivity index is 1.71. The van der Waals surface area contributed by atoms with Gasteiger partial charge in [-0.15, -0.1) is 0 Å². The molecule has 3 amide bonds. The minimum Gasteiger partial charge on any atom is -0.352 e. The quantitative estimate of drug-likeness (QED) is 0.671. The third-order valence-electron chi connectivity index (χ3n) is 6.29. The van der Waals surface area contributed by atoms with Crippen LogP contribution in [-0.4, -0.2) is 47.8 Å². The van der Waals surface area contributed by atoms with E-state index >= 15 is 0 Å². The standard InChI is InChI=1S/C26H32FN3O3/c1-4-18(3)28-25(32)23(29-24(31)21-7-5-6-8-22(21)27)19-13-15-30(16-14-19)26(33)20-11-9-17(2)10-12-20/h5-12,18-19,23H,4,13-16H2,1-3H3,(H,28,32)(H,29,31). The summed E-state index contributed by atoms with van der Waals surface area (Å²) >= 11 is 0. The smallest absolute Gasteiger partial charge is 0.254 e. The van der Waals surface area contributed by atoms with Gasteiger partial charge in [0, 0.05) is 24.7 Å². The molecule has 2 N–H and O–H groups in total. The maximum absolute atomic E-state index is 14.1. The number of likely N-dealkylation sites (tertiary alicyclic amines) is 1. The van der Waals surface area contributed by atoms with E-state index in [2.05, 4.69) is 10.6 Å². The molecule has 1 heterocycles. The highest BCUT2D eigenvalue weighted by Crippen LogP contribution is 2.23. The van der Waals surface area contributed by atoms with Crippen molar-refractivity contribution in [3.05, 3.63) is 71.0 Å². The summed E-state index contributed by atoms with van der Waals surface area (Å²) in [7, 11) is 0. The van der Waals surface area contributed by atoms with Crippen LogP contribution in [0.3, 0.4) is 0 Å². The molecule has 0 spiro atoms. The summed E-state index contributed by atoms with van der Waals surface area (Å²) in [4.78, 5) is 40.4. The Labute approximate surface area is 194 Å². The Kier molecular flexibility index (Phi) is 8.20. The highest BCUT2D eigenvalue weighted by molar-refractivity contribution is 5.98. The van der Waals surface area contributed by atoms with Crippen molar-refractivity contribution >= 4 is 17.7 Å². The molecule has 1 aliphatic rings. The lowest BCUT2D eigenvalue weighted by molar-refractivity contribution is -0.125. The van der Waals surface area contributed by atoms with Crippen LogP contribution in [0.4, 0.5) is 4.39 Å². The molecular weight excluding hydrogens is 421 g/mol. The lowest BCUT2D eigenvalue weighted by atomic mass is 9.88. The molecule has 2 atom stereocenters. The lowest BCUT2D eigenvalue weighted by Gasteiger charge is -2.36. The van der Waals surface area contributed by atoms with Gasteiger partial charge in [-0.2, -0.15) is 0 Å². The van der Waals surface area contributed by atoms with Gasteiger partial charge in [-0.3, -0.25) is 14.4 Å². The minimum absolute atomic E-state index is 0.0375. The first kappa shape index (κ1) is 24.4. The largest absolute Gasteiger partial charge is 0.352 e. The SMILES string of the molecule is CCC(C)NC(=O)C(NC(=O)c1ccccc1F)C1CCN(C(=O)c2ccc(C)cc2)CC1. The van der Waals surface area contributed by atoms with Crippen molar-refractivity contribution in [1.29, 1.82) is 0 Å². The molecule has 1 fully saturated rings. The lowest BCUT2D eigenvalue weighted by Crippen LogP contribution is -2.55. The van der Waals surface area contributed by atoms with E-state index in [-0.39, 0.29) is 29.3 Å². The van der Waals surface area contributed by atoms with Gasteiger partial charge in [-0.05, 0) is 63.3 Å². The van der Waals surface area contributed by atoms with Crippen molar-refractivity contribution in [2.45, 2.75) is 52.1 Å². The summed E-state index contributed by atoms with van der Waals surface area (Å²) in [5.74, 6) is -1.72. The summed E-state index contributed by atoms with van der Waals surface area (Å²) in [6.07, 6.45) is 1.88. The summed E-state index contributed by atoms with van der Waals surface area (Å²) in [5.41, 5.74) is 1.63. The predicted molar refractivity (Wildman–Crippen MR) is 125 cm³/mol. The fourth-order valence-corrected chi connectivity index (χ4v) is 4.01. The van der Waals surface area contributed by atoms with Crippen LogP contribution in [0.25, 0.3) is 0 Å². The van der Waals surface area contributed by atoms with Gasteiger partial charge in [0.2, 0.25) is 5.91 Å². The molecule has 0 saturated carbocycles. The maximum Gasteiger partial charge on any atom is 0.254 e. The van der Waals surface area contributed by atoms with Crippen LogP contribution < -0.4 is 10.6 Å². The Morgan fingerprint density at radius 1 is 1.03 bits per heavy atom. The second kappa shape index (κ2) is 11.1. The van der Waals surface area contributed by atoms with Crippen molar-refractivity contribution in [2.24, 2.45) is 5.92 Å². The van der Waals surface area contributed by atoms with E-state index in [1.807, 2.05) is 45.0 Å². The number of carbonyl (C=O) groups is 3. The molecule has 176 valence electrons. The zero-order chi connectivity index (χ0) is 24.0. The zero-order valence-corrected chi connectivity index (χ0v) is 19.4. The molecule has 33 heavy (non-hydrogen) atoms. The van der Waals surface area contributed by atoms with Crippen LogP contribution in [0.5, 0.6) is 0 Å². The Bertz CT molecular complexity index is 985. The Hall–Kier alpha value is -3.22. The molecule has 7 heteroatoms. The van der Waals surface area contributed by atoms with Crippen LogP contribution in [0.15, 0.2) is 48.5 Å². The molecule has 2 unspecified atom stereocenters. The van der Waals surface area contributed by atoms with E-state index < -0.39 is 17.8 Å². The first-order valence-corrected chi connectivity index (χ1v) is 11.5. The number of hydrogen-bond acceptors (Lipinski definition) is 3. The van der Waals surface area contributed by atoms with E-state index in [1.54, 1.807) is 11.0 Å². The van der Waals surface area contributed by atoms with Gasteiger partial charge in [-0.1, -0.05) is 36.8 Å². The average molecular weight is 454 g/mol. The summed E-state index contributed by atoms with van der Waals surface area (Å²) < 4.78 is 14.1. The van der Waals surface area contributed by atoms with Crippen LogP contribution in [0.1, 0.15) is 59.4 Å². The summed E-state index contributed by atoms with van der Waals surface area (Å²) in [6.45, 7) is 6.81. The van der Waals surface area contributed by atoms with E-state index in [4.69, 9.17) is 0 Å². The van der Waals surface area contributed by atoms with Gasteiger partial charge in [0.25, 0.3) is 11.8 Å². The third-order valence-corrected chi connectivity index (χ3v) is 6.29. The van der Waals surface area contributed by atoms with Gasteiger partial charge < -0.3 is 15.5 Å². The fourth-order valence-electron chi connectivity index (χ4n) is 4.01. The second-order valence-corrected chi connectivity index (χ2v) is 8.74. The van der Waals surface area contributed by atoms with Crippen molar-refractivity contribution in [1.82, 2.24) is 15.5 Å². The van der Waals surface area contributed by atoms with Crippen LogP contribution in [-0.2, 0) is 4.79 Å². The molecule has 6 nitrogen and oxygen atoms in total. The topological polar surface area (TPSA) is 78.5 Å². The minimum atomic E-state index is -0.803. The van der Waals surface area contributed by atoms with E-state index in [0.29, 0.717) is 31.5 Å². The summed E-state index contributed by atoms with van der Waals surface area (Å²) in [5, 5.41) is 5.70. The number of aryl methyl sites for hydroxylation is 1. The fraction of sp³-hybridized carbons (Fsp3) is 0.423. The van der Waals surface area contributed by atoms with Gasteiger partial charge >= 0.3 is 0 Å². The number of amides is 3. The van der Waals surface area contributed by atoms with Gasteiger partial charge in [0.15, 0.2) is 0 Å². The molecule has 2 aromatic rings. The molecule has 1 aliphatic heterocycles. The van der Waals surface area contributed by atoms with E-state index in [0.717, 1.165) is 12.0 Å². The number of carbonyl (C=O) groups excluding carboxylic acids is 3. The number of hydrogen-bond donors (Lipinski definition) is 2. The van der Waals surface area contributed by atoms with Gasteiger partial charge in [0.1, 0.15) is 11.9 Å². The highest BCUT2D eigenvalue weighted by atomic mass is 19.1. The third kappa shape index (κ3) is 6.18. The number of nitrogens with zero attached hydrogens (tertiary/aromatic N) is 1. The number of nitrogens with one attached hydrogen (secondary N) is 2. The normalized spacial score (nSPS) is 16.1. The van der Waals surface area contributed by atoms with Gasteiger partial charge in [0.05, 0.1) is 5.56 Å². The maximum atomic E-state index is 14.1. The molecule has 0 aliphatic carbocycles. The number of rotatable bonds is 7. The Morgan fingerprint density at radius 2 is 1.67 bits per heavy atom. The van der Waals surface area contributed by atoms with Crippen LogP contribution in [0.2, 0.25) is 0 Å². The van der Waals surface area contributed by atoms with Crippen molar-refractivity contribution < 1.29 is 18.8 Å². The molecule has 0 radical (unpaired) electrons. The molecule has 0 aromatic heterocycles. The monoisotopic (exact) mass is 453 g/mol. The van der Waals surface area contributed by atoms with E-state index in [1.165, 1.54) is 18.2 Å². The molecule has 2 aromatic carbocycles. The second-order valence-electron chi connectivity index (χ2n) is 8.74. The number of benzene rings is 2. The van der Waals surface area contributed by atoms with Crippen LogP contribution in [0, 0.1) is 18.7 Å². The molecular formula is C26H32FN3O3.